The third kappa shape index (κ3) is 4.49. The first-order chi connectivity index (χ1) is 19.6. The number of hydrogen-bond donors (Lipinski definition) is 1. The second kappa shape index (κ2) is 9.81. The van der Waals surface area contributed by atoms with E-state index in [1.54, 1.807) is 13.1 Å². The van der Waals surface area contributed by atoms with E-state index in [0.717, 1.165) is 71.2 Å². The summed E-state index contributed by atoms with van der Waals surface area (Å²) in [4.78, 5) is 34.0. The molecule has 1 saturated heterocycles. The zero-order valence-corrected chi connectivity index (χ0v) is 21.9. The van der Waals surface area contributed by atoms with Gasteiger partial charge in [0.2, 0.25) is 11.9 Å². The third-order valence-electron chi connectivity index (χ3n) is 7.21. The van der Waals surface area contributed by atoms with Crippen LogP contribution in [0.3, 0.4) is 0 Å². The molecular weight excluding hydrogens is 504 g/mol. The Kier molecular flexibility index (Phi) is 5.85. The fourth-order valence-corrected chi connectivity index (χ4v) is 5.04. The van der Waals surface area contributed by atoms with Gasteiger partial charge in [-0.2, -0.15) is 0 Å². The standard InChI is InChI=1S/C30H26N8O2/c1-20(39)36-12-14-37(15-13-36)23-7-8-28(32-17-23)35-30-31-11-10-24(34-30)25-18-33-29-9-6-22(19-38(25)29)27-16-21-4-2-3-5-26(21)40-27/h2-11,16-19H,12-15H2,1H3,(H,31,32,34,35). The maximum Gasteiger partial charge on any atom is 0.228 e. The van der Waals surface area contributed by atoms with Crippen LogP contribution in [0.5, 0.6) is 0 Å². The van der Waals surface area contributed by atoms with Gasteiger partial charge in [-0.25, -0.2) is 19.9 Å². The molecule has 198 valence electrons. The Labute approximate surface area is 229 Å². The molecule has 1 aliphatic rings. The van der Waals surface area contributed by atoms with Gasteiger partial charge >= 0.3 is 0 Å². The highest BCUT2D eigenvalue weighted by molar-refractivity contribution is 5.83. The average Bonchev–Trinajstić information content (AvgIpc) is 3.62. The van der Waals surface area contributed by atoms with Gasteiger partial charge in [0.25, 0.3) is 0 Å². The Morgan fingerprint density at radius 1 is 0.925 bits per heavy atom. The van der Waals surface area contributed by atoms with Crippen molar-refractivity contribution >= 4 is 40.0 Å². The predicted octanol–water partition coefficient (Wildman–Crippen LogP) is 5.01. The molecule has 1 aliphatic heterocycles. The van der Waals surface area contributed by atoms with Crippen LogP contribution < -0.4 is 10.2 Å². The minimum absolute atomic E-state index is 0.120. The molecule has 40 heavy (non-hydrogen) atoms. The van der Waals surface area contributed by atoms with Crippen LogP contribution >= 0.6 is 0 Å². The highest BCUT2D eigenvalue weighted by atomic mass is 16.3. The monoisotopic (exact) mass is 530 g/mol. The number of hydrogen-bond acceptors (Lipinski definition) is 8. The van der Waals surface area contributed by atoms with Crippen molar-refractivity contribution in [1.82, 2.24) is 29.2 Å². The van der Waals surface area contributed by atoms with Gasteiger partial charge in [0.15, 0.2) is 0 Å². The maximum absolute atomic E-state index is 11.6. The molecule has 0 unspecified atom stereocenters. The van der Waals surface area contributed by atoms with Crippen molar-refractivity contribution < 1.29 is 9.21 Å². The lowest BCUT2D eigenvalue weighted by Gasteiger charge is -2.35. The zero-order chi connectivity index (χ0) is 27.1. The SMILES string of the molecule is CC(=O)N1CCN(c2ccc(Nc3nccc(-c4cnc5ccc(-c6cc7ccccc7o6)cn45)n3)nc2)CC1. The van der Waals surface area contributed by atoms with Crippen LogP contribution in [0.15, 0.2) is 89.9 Å². The molecule has 6 aromatic rings. The molecule has 0 atom stereocenters. The van der Waals surface area contributed by atoms with Gasteiger partial charge in [-0.15, -0.1) is 0 Å². The predicted molar refractivity (Wildman–Crippen MR) is 153 cm³/mol. The van der Waals surface area contributed by atoms with Crippen molar-refractivity contribution in [2.45, 2.75) is 6.92 Å². The summed E-state index contributed by atoms with van der Waals surface area (Å²) < 4.78 is 8.08. The number of fused-ring (bicyclic) bond motifs is 2. The number of aromatic nitrogens is 5. The lowest BCUT2D eigenvalue weighted by atomic mass is 10.2. The lowest BCUT2D eigenvalue weighted by Crippen LogP contribution is -2.48. The van der Waals surface area contributed by atoms with E-state index in [2.05, 4.69) is 25.2 Å². The number of benzene rings is 1. The number of carbonyl (C=O) groups is 1. The Hall–Kier alpha value is -5.25. The van der Waals surface area contributed by atoms with Crippen molar-refractivity contribution in [3.63, 3.8) is 0 Å². The molecular formula is C30H26N8O2. The van der Waals surface area contributed by atoms with Gasteiger partial charge in [0.05, 0.1) is 29.5 Å². The van der Waals surface area contributed by atoms with Crippen LogP contribution in [0.25, 0.3) is 39.3 Å². The molecule has 0 bridgehead atoms. The molecule has 1 N–H and O–H groups in total. The van der Waals surface area contributed by atoms with Gasteiger partial charge in [-0.1, -0.05) is 18.2 Å². The summed E-state index contributed by atoms with van der Waals surface area (Å²) in [7, 11) is 0. The van der Waals surface area contributed by atoms with Gasteiger partial charge in [-0.3, -0.25) is 9.20 Å². The van der Waals surface area contributed by atoms with E-state index < -0.39 is 0 Å². The number of nitrogens with one attached hydrogen (secondary N) is 1. The molecule has 10 heteroatoms. The van der Waals surface area contributed by atoms with Gasteiger partial charge in [0.1, 0.15) is 22.8 Å². The summed E-state index contributed by atoms with van der Waals surface area (Å²) in [5.74, 6) is 2.00. The van der Waals surface area contributed by atoms with Crippen LogP contribution in [0.4, 0.5) is 17.5 Å². The van der Waals surface area contributed by atoms with Gasteiger partial charge in [0, 0.05) is 56.4 Å². The molecule has 1 aromatic carbocycles. The minimum atomic E-state index is 0.120. The summed E-state index contributed by atoms with van der Waals surface area (Å²) in [6.45, 7) is 4.63. The van der Waals surface area contributed by atoms with E-state index >= 15 is 0 Å². The minimum Gasteiger partial charge on any atom is -0.456 e. The number of furan rings is 1. The molecule has 0 aliphatic carbocycles. The van der Waals surface area contributed by atoms with E-state index in [1.807, 2.05) is 88.6 Å². The van der Waals surface area contributed by atoms with Crippen molar-refractivity contribution in [2.24, 2.45) is 0 Å². The lowest BCUT2D eigenvalue weighted by molar-refractivity contribution is -0.129. The van der Waals surface area contributed by atoms with Gasteiger partial charge in [-0.05, 0) is 42.5 Å². The van der Waals surface area contributed by atoms with Crippen LogP contribution in [-0.2, 0) is 4.79 Å². The number of piperazine rings is 1. The summed E-state index contributed by atoms with van der Waals surface area (Å²) in [6.07, 6.45) is 7.37. The first kappa shape index (κ1) is 23.8. The third-order valence-corrected chi connectivity index (χ3v) is 7.21. The van der Waals surface area contributed by atoms with E-state index in [9.17, 15) is 4.79 Å². The molecule has 7 rings (SSSR count). The number of pyridine rings is 2. The second-order valence-electron chi connectivity index (χ2n) is 9.72. The van der Waals surface area contributed by atoms with E-state index in [-0.39, 0.29) is 5.91 Å². The van der Waals surface area contributed by atoms with Crippen molar-refractivity contribution in [3.8, 4) is 22.7 Å². The molecule has 1 amide bonds. The number of rotatable bonds is 5. The summed E-state index contributed by atoms with van der Waals surface area (Å²) >= 11 is 0. The molecule has 6 heterocycles. The molecule has 5 aromatic heterocycles. The van der Waals surface area contributed by atoms with Crippen molar-refractivity contribution in [1.29, 1.82) is 0 Å². The van der Waals surface area contributed by atoms with E-state index in [4.69, 9.17) is 9.40 Å². The fourth-order valence-electron chi connectivity index (χ4n) is 5.04. The zero-order valence-electron chi connectivity index (χ0n) is 21.9. The maximum atomic E-state index is 11.6. The van der Waals surface area contributed by atoms with Crippen LogP contribution in [0, 0.1) is 0 Å². The summed E-state index contributed by atoms with van der Waals surface area (Å²) in [5.41, 5.74) is 5.20. The summed E-state index contributed by atoms with van der Waals surface area (Å²) in [5, 5.41) is 4.27. The molecule has 10 nitrogen and oxygen atoms in total. The number of anilines is 3. The molecule has 0 spiro atoms. The molecule has 0 saturated carbocycles. The van der Waals surface area contributed by atoms with Crippen molar-refractivity contribution in [2.75, 3.05) is 36.4 Å². The fraction of sp³-hybridized carbons (Fsp3) is 0.167. The molecule has 1 fully saturated rings. The Morgan fingerprint density at radius 3 is 2.60 bits per heavy atom. The Morgan fingerprint density at radius 2 is 1.80 bits per heavy atom. The largest absolute Gasteiger partial charge is 0.456 e. The Balaban J connectivity index is 1.11. The smallest absolute Gasteiger partial charge is 0.228 e. The number of carbonyl (C=O) groups excluding carboxylic acids is 1. The van der Waals surface area contributed by atoms with Crippen molar-refractivity contribution in [3.05, 3.63) is 85.5 Å². The highest BCUT2D eigenvalue weighted by Crippen LogP contribution is 2.29. The van der Waals surface area contributed by atoms with Crippen LogP contribution in [-0.4, -0.2) is 61.3 Å². The normalized spacial score (nSPS) is 13.7. The van der Waals surface area contributed by atoms with Crippen LogP contribution in [0.2, 0.25) is 0 Å². The highest BCUT2D eigenvalue weighted by Gasteiger charge is 2.19. The Bertz CT molecular complexity index is 1800. The number of para-hydroxylation sites is 1. The first-order valence-electron chi connectivity index (χ1n) is 13.1. The van der Waals surface area contributed by atoms with Crippen LogP contribution in [0.1, 0.15) is 6.92 Å². The van der Waals surface area contributed by atoms with Gasteiger partial charge < -0.3 is 19.5 Å². The summed E-state index contributed by atoms with van der Waals surface area (Å²) in [6, 6.07) is 19.8. The molecule has 0 radical (unpaired) electrons. The number of nitrogens with zero attached hydrogens (tertiary/aromatic N) is 7. The number of imidazole rings is 1. The van der Waals surface area contributed by atoms with E-state index in [0.29, 0.717) is 11.8 Å². The first-order valence-corrected chi connectivity index (χ1v) is 13.1. The second-order valence-corrected chi connectivity index (χ2v) is 9.72. The number of amides is 1. The topological polar surface area (TPSA) is 105 Å². The van der Waals surface area contributed by atoms with E-state index in [1.165, 1.54) is 0 Å². The quantitative estimate of drug-likeness (QED) is 0.332. The average molecular weight is 531 g/mol.